The molecule has 0 spiro atoms. The predicted octanol–water partition coefficient (Wildman–Crippen LogP) is 7.15. The van der Waals surface area contributed by atoms with Gasteiger partial charge in [-0.15, -0.1) is 0 Å². The summed E-state index contributed by atoms with van der Waals surface area (Å²) in [5, 5.41) is 10.1. The first kappa shape index (κ1) is 29.9. The fraction of sp³-hybridized carbons (Fsp3) is 0.238. The van der Waals surface area contributed by atoms with Crippen LogP contribution in [0.5, 0.6) is 0 Å². The zero-order valence-electron chi connectivity index (χ0n) is 27.2. The molecular formula is C42H40As2P2. The topological polar surface area (TPSA) is 0 Å². The van der Waals surface area contributed by atoms with Gasteiger partial charge in [0.2, 0.25) is 0 Å². The zero-order chi connectivity index (χ0) is 31.1. The fourth-order valence-electron chi connectivity index (χ4n) is 8.45. The van der Waals surface area contributed by atoms with Crippen molar-refractivity contribution >= 4 is 90.9 Å². The van der Waals surface area contributed by atoms with Crippen LogP contribution in [0.1, 0.15) is 49.9 Å². The summed E-state index contributed by atoms with van der Waals surface area (Å²) in [6.07, 6.45) is 4.97. The SMILES string of the molecule is CC(C)[P@@]1c2ccc3c4c(ccc(c24)[As]1c1ccccc1)CC3.CC(C)[P@]1c2ccc3c4c(ccc(c24)[As]1c1ccccc1)CC3. The van der Waals surface area contributed by atoms with Gasteiger partial charge in [0.15, 0.2) is 0 Å². The number of benzene rings is 6. The van der Waals surface area contributed by atoms with Crippen LogP contribution in [0.4, 0.5) is 0 Å². The molecule has 4 atom stereocenters. The van der Waals surface area contributed by atoms with E-state index in [9.17, 15) is 0 Å². The van der Waals surface area contributed by atoms with Crippen molar-refractivity contribution in [3.8, 4) is 0 Å². The van der Waals surface area contributed by atoms with Crippen molar-refractivity contribution in [1.82, 2.24) is 0 Å². The third-order valence-electron chi connectivity index (χ3n) is 10.3. The Morgan fingerprint density at radius 1 is 0.413 bits per heavy atom. The standard InChI is InChI=1S/2C21H20AsP/c2*1-14(2)23-19-13-11-16-9-8-15-10-12-18(21(19)20(15)16)22(23)17-6-4-3-5-7-17/h2*3-7,10-14H,8-9H2,1-2H3/t2*22?,23-/m10/s1. The van der Waals surface area contributed by atoms with E-state index in [0.29, 0.717) is 0 Å². The molecule has 6 aromatic carbocycles. The van der Waals surface area contributed by atoms with Gasteiger partial charge >= 0.3 is 287 Å². The summed E-state index contributed by atoms with van der Waals surface area (Å²) in [7, 11) is 0. The van der Waals surface area contributed by atoms with Gasteiger partial charge in [0.05, 0.1) is 0 Å². The monoisotopic (exact) mass is 756 g/mol. The molecule has 2 aliphatic heterocycles. The van der Waals surface area contributed by atoms with Gasteiger partial charge in [-0.2, -0.15) is 0 Å². The second-order valence-electron chi connectivity index (χ2n) is 13.6. The van der Waals surface area contributed by atoms with Crippen LogP contribution in [0, 0.1) is 0 Å². The van der Waals surface area contributed by atoms with Crippen molar-refractivity contribution in [3.05, 3.63) is 131 Å². The zero-order valence-corrected chi connectivity index (χ0v) is 32.7. The normalized spacial score (nSPS) is 21.5. The third kappa shape index (κ3) is 4.54. The van der Waals surface area contributed by atoms with E-state index in [2.05, 4.69) is 137 Å². The van der Waals surface area contributed by atoms with Crippen molar-refractivity contribution in [3.63, 3.8) is 0 Å². The summed E-state index contributed by atoms with van der Waals surface area (Å²) >= 11 is -2.43. The van der Waals surface area contributed by atoms with Gasteiger partial charge in [-0.1, -0.05) is 0 Å². The Hall–Kier alpha value is -2.18. The summed E-state index contributed by atoms with van der Waals surface area (Å²) in [5.74, 6) is 0. The molecule has 0 fully saturated rings. The van der Waals surface area contributed by atoms with Crippen molar-refractivity contribution in [1.29, 1.82) is 0 Å². The Labute approximate surface area is 285 Å². The molecule has 2 aliphatic carbocycles. The van der Waals surface area contributed by atoms with E-state index in [1.807, 2.05) is 0 Å². The molecule has 0 amide bonds. The van der Waals surface area contributed by atoms with Crippen LogP contribution >= 0.6 is 13.0 Å². The molecule has 0 radical (unpaired) electrons. The average molecular weight is 757 g/mol. The Morgan fingerprint density at radius 2 is 0.761 bits per heavy atom. The molecule has 0 bridgehead atoms. The number of hydrogen-bond acceptors (Lipinski definition) is 0. The number of hydrogen-bond donors (Lipinski definition) is 0. The molecule has 2 unspecified atom stereocenters. The van der Waals surface area contributed by atoms with Gasteiger partial charge < -0.3 is 0 Å². The Balaban J connectivity index is 0.000000127. The van der Waals surface area contributed by atoms with Crippen LogP contribution in [0.15, 0.2) is 109 Å². The van der Waals surface area contributed by atoms with E-state index in [0.717, 1.165) is 11.3 Å². The number of aryl methyl sites for hydroxylation is 4. The molecule has 0 aromatic heterocycles. The van der Waals surface area contributed by atoms with Crippen molar-refractivity contribution < 1.29 is 0 Å². The van der Waals surface area contributed by atoms with Crippen molar-refractivity contribution in [2.75, 3.05) is 0 Å². The summed E-state index contributed by atoms with van der Waals surface area (Å²) in [5.41, 5.74) is 7.95. The summed E-state index contributed by atoms with van der Waals surface area (Å²) in [6.45, 7) is 9.71. The van der Waals surface area contributed by atoms with E-state index in [-0.39, 0.29) is 13.0 Å². The second-order valence-corrected chi connectivity index (χ2v) is 34.4. The molecule has 0 N–H and O–H groups in total. The van der Waals surface area contributed by atoms with Crippen molar-refractivity contribution in [2.24, 2.45) is 0 Å². The van der Waals surface area contributed by atoms with E-state index in [1.54, 1.807) is 71.8 Å². The molecule has 46 heavy (non-hydrogen) atoms. The summed E-state index contributed by atoms with van der Waals surface area (Å²) in [6, 6.07) is 42.6. The maximum absolute atomic E-state index is 2.51. The van der Waals surface area contributed by atoms with Gasteiger partial charge in [0, 0.05) is 0 Å². The first-order valence-corrected chi connectivity index (χ1v) is 28.5. The molecular weight excluding hydrogens is 716 g/mol. The number of rotatable bonds is 4. The minimum atomic E-state index is -1.22. The maximum atomic E-state index is 2.51. The quantitative estimate of drug-likeness (QED) is 0.133. The Bertz CT molecular complexity index is 1960. The van der Waals surface area contributed by atoms with Gasteiger partial charge in [-0.05, 0) is 0 Å². The van der Waals surface area contributed by atoms with E-state index >= 15 is 0 Å². The molecule has 0 saturated carbocycles. The van der Waals surface area contributed by atoms with Gasteiger partial charge in [0.25, 0.3) is 0 Å². The van der Waals surface area contributed by atoms with E-state index < -0.39 is 28.4 Å². The second kappa shape index (κ2) is 11.8. The molecule has 4 aliphatic rings. The first-order valence-electron chi connectivity index (χ1n) is 16.9. The van der Waals surface area contributed by atoms with Crippen LogP contribution in [-0.4, -0.2) is 39.7 Å². The van der Waals surface area contributed by atoms with Crippen molar-refractivity contribution in [2.45, 2.75) is 64.7 Å². The van der Waals surface area contributed by atoms with Gasteiger partial charge in [-0.25, -0.2) is 0 Å². The fourth-order valence-corrected chi connectivity index (χ4v) is 39.3. The van der Waals surface area contributed by atoms with Crippen LogP contribution < -0.4 is 28.0 Å². The third-order valence-corrected chi connectivity index (χ3v) is 40.2. The molecule has 6 aromatic rings. The minimum absolute atomic E-state index is 0.0405. The molecule has 10 rings (SSSR count). The van der Waals surface area contributed by atoms with Crippen LogP contribution in [0.25, 0.3) is 21.5 Å². The van der Waals surface area contributed by atoms with Crippen LogP contribution in [0.2, 0.25) is 0 Å². The molecule has 4 heteroatoms. The summed E-state index contributed by atoms with van der Waals surface area (Å²) < 4.78 is 6.76. The van der Waals surface area contributed by atoms with Crippen LogP contribution in [-0.2, 0) is 25.7 Å². The first-order chi connectivity index (χ1) is 22.5. The van der Waals surface area contributed by atoms with Gasteiger partial charge in [-0.3, -0.25) is 0 Å². The molecule has 228 valence electrons. The Morgan fingerprint density at radius 3 is 1.11 bits per heavy atom. The molecule has 2 heterocycles. The summed E-state index contributed by atoms with van der Waals surface area (Å²) in [4.78, 5) is 0. The van der Waals surface area contributed by atoms with E-state index in [1.165, 1.54) is 25.7 Å². The predicted molar refractivity (Wildman–Crippen MR) is 209 cm³/mol. The molecule has 0 saturated heterocycles. The van der Waals surface area contributed by atoms with Gasteiger partial charge in [0.1, 0.15) is 0 Å². The Kier molecular flexibility index (Phi) is 7.64. The van der Waals surface area contributed by atoms with Crippen LogP contribution in [0.3, 0.4) is 0 Å². The molecule has 0 nitrogen and oxygen atoms in total. The van der Waals surface area contributed by atoms with E-state index in [4.69, 9.17) is 0 Å². The average Bonchev–Trinajstić information content (AvgIpc) is 3.85.